The third kappa shape index (κ3) is 4.23. The van der Waals surface area contributed by atoms with Crippen molar-refractivity contribution in [1.82, 2.24) is 14.3 Å². The van der Waals surface area contributed by atoms with E-state index in [0.29, 0.717) is 37.8 Å². The van der Waals surface area contributed by atoms with Crippen molar-refractivity contribution in [3.05, 3.63) is 79.6 Å². The van der Waals surface area contributed by atoms with Crippen LogP contribution in [0.2, 0.25) is 5.02 Å². The molecule has 9 heteroatoms. The highest BCUT2D eigenvalue weighted by atomic mass is 35.5. The number of anilines is 1. The normalized spacial score (nSPS) is 15.3. The van der Waals surface area contributed by atoms with Crippen molar-refractivity contribution in [1.29, 1.82) is 0 Å². The predicted octanol–water partition coefficient (Wildman–Crippen LogP) is 4.49. The second-order valence-corrected chi connectivity index (χ2v) is 9.09. The summed E-state index contributed by atoms with van der Waals surface area (Å²) in [5.41, 5.74) is 2.35. The molecule has 1 saturated heterocycles. The number of hydrogen-bond acceptors (Lipinski definition) is 6. The SMILES string of the molecule is CCNc1nc2ccc(C)cn2c(=O)c1/C=C1/SC(=S)N(Cc2ccccc2Cl)C1=O. The van der Waals surface area contributed by atoms with E-state index in [2.05, 4.69) is 10.3 Å². The van der Waals surface area contributed by atoms with Gasteiger partial charge in [0.2, 0.25) is 0 Å². The van der Waals surface area contributed by atoms with Crippen LogP contribution < -0.4 is 10.9 Å². The number of nitrogens with one attached hydrogen (secondary N) is 1. The van der Waals surface area contributed by atoms with E-state index in [1.807, 2.05) is 38.1 Å². The van der Waals surface area contributed by atoms with Gasteiger partial charge in [0.15, 0.2) is 0 Å². The number of thioether (sulfide) groups is 1. The lowest BCUT2D eigenvalue weighted by molar-refractivity contribution is -0.122. The molecular weight excluding hydrogens is 452 g/mol. The van der Waals surface area contributed by atoms with E-state index in [1.54, 1.807) is 24.4 Å². The Morgan fingerprint density at radius 3 is 2.74 bits per heavy atom. The number of rotatable bonds is 5. The Balaban J connectivity index is 1.76. The molecule has 1 fully saturated rings. The molecule has 158 valence electrons. The predicted molar refractivity (Wildman–Crippen MR) is 131 cm³/mol. The molecule has 1 aliphatic heterocycles. The Kier molecular flexibility index (Phi) is 6.13. The van der Waals surface area contributed by atoms with Crippen LogP contribution in [0.4, 0.5) is 5.82 Å². The smallest absolute Gasteiger partial charge is 0.267 e. The molecule has 0 saturated carbocycles. The monoisotopic (exact) mass is 470 g/mol. The van der Waals surface area contributed by atoms with Gasteiger partial charge in [-0.15, -0.1) is 0 Å². The summed E-state index contributed by atoms with van der Waals surface area (Å²) >= 11 is 12.8. The molecule has 0 atom stereocenters. The largest absolute Gasteiger partial charge is 0.370 e. The van der Waals surface area contributed by atoms with Gasteiger partial charge in [0, 0.05) is 17.8 Å². The number of amides is 1. The molecule has 6 nitrogen and oxygen atoms in total. The van der Waals surface area contributed by atoms with E-state index in [-0.39, 0.29) is 18.0 Å². The van der Waals surface area contributed by atoms with Gasteiger partial charge in [-0.3, -0.25) is 18.9 Å². The summed E-state index contributed by atoms with van der Waals surface area (Å²) in [6.45, 7) is 4.69. The highest BCUT2D eigenvalue weighted by Crippen LogP contribution is 2.34. The zero-order valence-electron chi connectivity index (χ0n) is 16.9. The maximum Gasteiger partial charge on any atom is 0.267 e. The van der Waals surface area contributed by atoms with E-state index in [0.717, 1.165) is 11.1 Å². The summed E-state index contributed by atoms with van der Waals surface area (Å²) in [4.78, 5) is 32.8. The Labute approximate surface area is 193 Å². The minimum atomic E-state index is -0.258. The summed E-state index contributed by atoms with van der Waals surface area (Å²) in [7, 11) is 0. The summed E-state index contributed by atoms with van der Waals surface area (Å²) in [6, 6.07) is 11.0. The van der Waals surface area contributed by atoms with Crippen molar-refractivity contribution >= 4 is 63.3 Å². The van der Waals surface area contributed by atoms with Crippen LogP contribution in [-0.2, 0) is 11.3 Å². The minimum absolute atomic E-state index is 0.249. The summed E-state index contributed by atoms with van der Waals surface area (Å²) in [5.74, 6) is 0.179. The first kappa shape index (κ1) is 21.5. The van der Waals surface area contributed by atoms with Gasteiger partial charge in [-0.1, -0.05) is 59.8 Å². The number of hydrogen-bond donors (Lipinski definition) is 1. The number of fused-ring (bicyclic) bond motifs is 1. The molecule has 4 rings (SSSR count). The maximum absolute atomic E-state index is 13.2. The molecule has 1 aliphatic rings. The minimum Gasteiger partial charge on any atom is -0.370 e. The van der Waals surface area contributed by atoms with Crippen LogP contribution in [0.25, 0.3) is 11.7 Å². The van der Waals surface area contributed by atoms with Crippen molar-refractivity contribution in [2.45, 2.75) is 20.4 Å². The van der Waals surface area contributed by atoms with Crippen LogP contribution in [0, 0.1) is 6.92 Å². The van der Waals surface area contributed by atoms with E-state index in [1.165, 1.54) is 21.1 Å². The summed E-state index contributed by atoms with van der Waals surface area (Å²) < 4.78 is 1.91. The van der Waals surface area contributed by atoms with E-state index in [4.69, 9.17) is 23.8 Å². The van der Waals surface area contributed by atoms with E-state index in [9.17, 15) is 9.59 Å². The van der Waals surface area contributed by atoms with E-state index >= 15 is 0 Å². The van der Waals surface area contributed by atoms with Crippen LogP contribution in [0.15, 0.2) is 52.3 Å². The lowest BCUT2D eigenvalue weighted by Gasteiger charge is -2.15. The lowest BCUT2D eigenvalue weighted by atomic mass is 10.2. The number of benzene rings is 1. The van der Waals surface area contributed by atoms with Gasteiger partial charge in [-0.05, 0) is 43.2 Å². The van der Waals surface area contributed by atoms with Crippen LogP contribution >= 0.6 is 35.6 Å². The van der Waals surface area contributed by atoms with Gasteiger partial charge in [0.25, 0.3) is 11.5 Å². The number of carbonyl (C=O) groups excluding carboxylic acids is 1. The van der Waals surface area contributed by atoms with Gasteiger partial charge in [-0.25, -0.2) is 4.98 Å². The number of carbonyl (C=O) groups is 1. The molecule has 1 aromatic carbocycles. The van der Waals surface area contributed by atoms with Crippen LogP contribution in [0.1, 0.15) is 23.6 Å². The van der Waals surface area contributed by atoms with Crippen LogP contribution in [0.3, 0.4) is 0 Å². The fourth-order valence-corrected chi connectivity index (χ4v) is 4.69. The second-order valence-electron chi connectivity index (χ2n) is 7.00. The van der Waals surface area contributed by atoms with Gasteiger partial charge < -0.3 is 5.32 Å². The first-order valence-electron chi connectivity index (χ1n) is 9.64. The highest BCUT2D eigenvalue weighted by molar-refractivity contribution is 8.26. The van der Waals surface area contributed by atoms with Gasteiger partial charge in [0.1, 0.15) is 15.8 Å². The number of thiocarbonyl (C=S) groups is 1. The molecule has 3 heterocycles. The Morgan fingerprint density at radius 1 is 1.23 bits per heavy atom. The molecule has 0 unspecified atom stereocenters. The molecule has 31 heavy (non-hydrogen) atoms. The molecule has 0 aliphatic carbocycles. The molecule has 2 aromatic heterocycles. The molecule has 0 bridgehead atoms. The third-order valence-corrected chi connectivity index (χ3v) is 6.53. The van der Waals surface area contributed by atoms with Crippen LogP contribution in [0.5, 0.6) is 0 Å². The molecular formula is C22H19ClN4O2S2. The molecule has 1 amide bonds. The maximum atomic E-state index is 13.2. The highest BCUT2D eigenvalue weighted by Gasteiger charge is 2.33. The number of aryl methyl sites for hydroxylation is 1. The Bertz CT molecular complexity index is 1300. The second kappa shape index (κ2) is 8.82. The van der Waals surface area contributed by atoms with Gasteiger partial charge >= 0.3 is 0 Å². The van der Waals surface area contributed by atoms with Crippen molar-refractivity contribution in [2.24, 2.45) is 0 Å². The number of halogens is 1. The Morgan fingerprint density at radius 2 is 2.00 bits per heavy atom. The third-order valence-electron chi connectivity index (χ3n) is 4.79. The van der Waals surface area contributed by atoms with Crippen molar-refractivity contribution in [3.63, 3.8) is 0 Å². The lowest BCUT2D eigenvalue weighted by Crippen LogP contribution is -2.27. The average Bonchev–Trinajstić information content (AvgIpc) is 3.00. The number of pyridine rings is 1. The zero-order valence-corrected chi connectivity index (χ0v) is 19.3. The summed E-state index contributed by atoms with van der Waals surface area (Å²) in [5, 5.41) is 3.70. The van der Waals surface area contributed by atoms with E-state index < -0.39 is 0 Å². The van der Waals surface area contributed by atoms with Gasteiger partial charge in [0.05, 0.1) is 17.0 Å². The molecule has 1 N–H and O–H groups in total. The topological polar surface area (TPSA) is 66.7 Å². The van der Waals surface area contributed by atoms with Crippen molar-refractivity contribution < 1.29 is 4.79 Å². The zero-order chi connectivity index (χ0) is 22.1. The first-order valence-corrected chi connectivity index (χ1v) is 11.2. The van der Waals surface area contributed by atoms with Crippen LogP contribution in [-0.4, -0.2) is 31.1 Å². The fourth-order valence-electron chi connectivity index (χ4n) is 3.26. The van der Waals surface area contributed by atoms with Gasteiger partial charge in [-0.2, -0.15) is 0 Å². The summed E-state index contributed by atoms with van der Waals surface area (Å²) in [6.07, 6.45) is 3.31. The molecule has 0 radical (unpaired) electrons. The fraction of sp³-hybridized carbons (Fsp3) is 0.182. The standard InChI is InChI=1S/C22H19ClN4O2S2/c1-3-24-19-15(20(28)26-11-13(2)8-9-18(26)25-19)10-17-21(29)27(22(30)31-17)12-14-6-4-5-7-16(14)23/h4-11,24H,3,12H2,1-2H3/b17-10+. The van der Waals surface area contributed by atoms with Crippen molar-refractivity contribution in [2.75, 3.05) is 11.9 Å². The number of aromatic nitrogens is 2. The first-order chi connectivity index (χ1) is 14.9. The quantitative estimate of drug-likeness (QED) is 0.437. The van der Waals surface area contributed by atoms with Crippen molar-refractivity contribution in [3.8, 4) is 0 Å². The average molecular weight is 471 g/mol. The molecule has 3 aromatic rings. The molecule has 0 spiro atoms. The number of nitrogens with zero attached hydrogens (tertiary/aromatic N) is 3. The Hall–Kier alpha value is -2.68.